The van der Waals surface area contributed by atoms with Gasteiger partial charge >= 0.3 is 0 Å². The molecule has 0 atom stereocenters. The molecular formula is C11H18N2S. The van der Waals surface area contributed by atoms with E-state index in [1.807, 2.05) is 11.3 Å². The molecule has 3 heteroatoms. The normalized spacial score (nSPS) is 19.4. The molecule has 14 heavy (non-hydrogen) atoms. The number of hydrogen-bond donors (Lipinski definition) is 1. The molecule has 0 amide bonds. The first-order valence-corrected chi connectivity index (χ1v) is 6.19. The zero-order valence-electron chi connectivity index (χ0n) is 9.18. The van der Waals surface area contributed by atoms with Crippen LogP contribution < -0.4 is 5.32 Å². The number of aryl methyl sites for hydroxylation is 2. The first-order chi connectivity index (χ1) is 6.72. The Balaban J connectivity index is 2.31. The van der Waals surface area contributed by atoms with E-state index in [1.165, 1.54) is 34.8 Å². The highest BCUT2D eigenvalue weighted by atomic mass is 32.1. The maximum Gasteiger partial charge on any atom is 0.113 e. The van der Waals surface area contributed by atoms with Gasteiger partial charge in [0, 0.05) is 4.88 Å². The second-order valence-electron chi connectivity index (χ2n) is 4.06. The summed E-state index contributed by atoms with van der Waals surface area (Å²) in [6.45, 7) is 4.36. The molecule has 1 aliphatic rings. The molecule has 0 unspecified atom stereocenters. The number of nitrogens with one attached hydrogen (secondary N) is 1. The molecule has 0 aliphatic heterocycles. The Kier molecular flexibility index (Phi) is 2.62. The van der Waals surface area contributed by atoms with E-state index < -0.39 is 0 Å². The summed E-state index contributed by atoms with van der Waals surface area (Å²) >= 11 is 1.87. The van der Waals surface area contributed by atoms with Gasteiger partial charge in [0.25, 0.3) is 0 Å². The number of rotatable bonds is 3. The van der Waals surface area contributed by atoms with Gasteiger partial charge in [-0.05, 0) is 39.7 Å². The van der Waals surface area contributed by atoms with Crippen LogP contribution in [0.1, 0.15) is 41.8 Å². The molecule has 1 N–H and O–H groups in total. The highest BCUT2D eigenvalue weighted by Gasteiger charge is 2.39. The van der Waals surface area contributed by atoms with Crippen LogP contribution in [-0.2, 0) is 12.0 Å². The van der Waals surface area contributed by atoms with Crippen LogP contribution in [0.25, 0.3) is 0 Å². The van der Waals surface area contributed by atoms with Gasteiger partial charge in [-0.15, -0.1) is 11.3 Å². The lowest BCUT2D eigenvalue weighted by Gasteiger charge is -2.39. The summed E-state index contributed by atoms with van der Waals surface area (Å²) < 4.78 is 0. The molecule has 1 aromatic rings. The van der Waals surface area contributed by atoms with Gasteiger partial charge in [-0.2, -0.15) is 0 Å². The van der Waals surface area contributed by atoms with Gasteiger partial charge < -0.3 is 5.32 Å². The SMILES string of the molecule is CCc1nc(C2(NC)CCC2)sc1C. The summed E-state index contributed by atoms with van der Waals surface area (Å²) in [6.07, 6.45) is 4.89. The molecule has 0 radical (unpaired) electrons. The molecule has 1 saturated carbocycles. The summed E-state index contributed by atoms with van der Waals surface area (Å²) in [7, 11) is 2.06. The minimum atomic E-state index is 0.225. The molecule has 78 valence electrons. The Morgan fingerprint density at radius 1 is 1.50 bits per heavy atom. The Hall–Kier alpha value is -0.410. The lowest BCUT2D eigenvalue weighted by atomic mass is 9.77. The molecule has 0 bridgehead atoms. The monoisotopic (exact) mass is 210 g/mol. The van der Waals surface area contributed by atoms with Gasteiger partial charge in [-0.3, -0.25) is 0 Å². The van der Waals surface area contributed by atoms with Crippen LogP contribution in [0.5, 0.6) is 0 Å². The van der Waals surface area contributed by atoms with Crippen LogP contribution in [0.3, 0.4) is 0 Å². The van der Waals surface area contributed by atoms with Gasteiger partial charge in [-0.1, -0.05) is 6.92 Å². The largest absolute Gasteiger partial charge is 0.308 e. The summed E-state index contributed by atoms with van der Waals surface area (Å²) in [5, 5.41) is 4.75. The Labute approximate surface area is 89.8 Å². The fourth-order valence-electron chi connectivity index (χ4n) is 2.06. The van der Waals surface area contributed by atoms with Crippen molar-refractivity contribution in [3.8, 4) is 0 Å². The third-order valence-electron chi connectivity index (χ3n) is 3.32. The van der Waals surface area contributed by atoms with Gasteiger partial charge in [-0.25, -0.2) is 4.98 Å². The molecule has 1 heterocycles. The molecule has 1 aromatic heterocycles. The fraction of sp³-hybridized carbons (Fsp3) is 0.727. The van der Waals surface area contributed by atoms with Gasteiger partial charge in [0.15, 0.2) is 0 Å². The first-order valence-electron chi connectivity index (χ1n) is 5.37. The predicted molar refractivity (Wildman–Crippen MR) is 60.8 cm³/mol. The van der Waals surface area contributed by atoms with E-state index in [2.05, 4.69) is 26.2 Å². The van der Waals surface area contributed by atoms with Crippen LogP contribution in [0.15, 0.2) is 0 Å². The van der Waals surface area contributed by atoms with Crippen molar-refractivity contribution in [3.05, 3.63) is 15.6 Å². The second kappa shape index (κ2) is 3.63. The summed E-state index contributed by atoms with van der Waals surface area (Å²) in [5.74, 6) is 0. The van der Waals surface area contributed by atoms with Crippen molar-refractivity contribution in [2.45, 2.75) is 45.1 Å². The fourth-order valence-corrected chi connectivity index (χ4v) is 3.32. The standard InChI is InChI=1S/C11H18N2S/c1-4-9-8(2)14-10(13-9)11(12-3)6-5-7-11/h12H,4-7H2,1-3H3. The van der Waals surface area contributed by atoms with Crippen molar-refractivity contribution in [2.24, 2.45) is 0 Å². The minimum Gasteiger partial charge on any atom is -0.308 e. The maximum atomic E-state index is 4.75. The van der Waals surface area contributed by atoms with Gasteiger partial charge in [0.1, 0.15) is 5.01 Å². The second-order valence-corrected chi connectivity index (χ2v) is 5.26. The highest BCUT2D eigenvalue weighted by Crippen LogP contribution is 2.43. The van der Waals surface area contributed by atoms with Crippen LogP contribution in [-0.4, -0.2) is 12.0 Å². The molecule has 2 rings (SSSR count). The van der Waals surface area contributed by atoms with E-state index in [9.17, 15) is 0 Å². The molecule has 0 spiro atoms. The number of nitrogens with zero attached hydrogens (tertiary/aromatic N) is 1. The van der Waals surface area contributed by atoms with E-state index in [0.717, 1.165) is 6.42 Å². The van der Waals surface area contributed by atoms with Crippen molar-refractivity contribution < 1.29 is 0 Å². The van der Waals surface area contributed by atoms with Crippen LogP contribution in [0, 0.1) is 6.92 Å². The average molecular weight is 210 g/mol. The molecule has 0 saturated heterocycles. The molecule has 2 nitrogen and oxygen atoms in total. The van der Waals surface area contributed by atoms with Gasteiger partial charge in [0.05, 0.1) is 11.2 Å². The van der Waals surface area contributed by atoms with E-state index in [-0.39, 0.29) is 5.54 Å². The van der Waals surface area contributed by atoms with E-state index >= 15 is 0 Å². The number of aromatic nitrogens is 1. The average Bonchev–Trinajstić information content (AvgIpc) is 2.46. The molecular weight excluding hydrogens is 192 g/mol. The molecule has 1 aliphatic carbocycles. The Bertz CT molecular complexity index is 321. The molecule has 1 fully saturated rings. The van der Waals surface area contributed by atoms with Crippen molar-refractivity contribution in [3.63, 3.8) is 0 Å². The lowest BCUT2D eigenvalue weighted by Crippen LogP contribution is -2.45. The predicted octanol–water partition coefficient (Wildman–Crippen LogP) is 2.61. The maximum absolute atomic E-state index is 4.75. The lowest BCUT2D eigenvalue weighted by molar-refractivity contribution is 0.200. The third kappa shape index (κ3) is 1.39. The van der Waals surface area contributed by atoms with E-state index in [1.54, 1.807) is 0 Å². The number of hydrogen-bond acceptors (Lipinski definition) is 3. The Morgan fingerprint density at radius 2 is 2.21 bits per heavy atom. The van der Waals surface area contributed by atoms with Crippen LogP contribution in [0.2, 0.25) is 0 Å². The molecule has 0 aromatic carbocycles. The third-order valence-corrected chi connectivity index (χ3v) is 4.54. The van der Waals surface area contributed by atoms with Crippen molar-refractivity contribution in [1.29, 1.82) is 0 Å². The van der Waals surface area contributed by atoms with Gasteiger partial charge in [0.2, 0.25) is 0 Å². The van der Waals surface area contributed by atoms with E-state index in [0.29, 0.717) is 0 Å². The highest BCUT2D eigenvalue weighted by molar-refractivity contribution is 7.11. The van der Waals surface area contributed by atoms with Crippen LogP contribution in [0.4, 0.5) is 0 Å². The van der Waals surface area contributed by atoms with Crippen molar-refractivity contribution >= 4 is 11.3 Å². The van der Waals surface area contributed by atoms with Crippen molar-refractivity contribution in [1.82, 2.24) is 10.3 Å². The smallest absolute Gasteiger partial charge is 0.113 e. The number of thiazole rings is 1. The summed E-state index contributed by atoms with van der Waals surface area (Å²) in [6, 6.07) is 0. The quantitative estimate of drug-likeness (QED) is 0.829. The summed E-state index contributed by atoms with van der Waals surface area (Å²) in [4.78, 5) is 6.14. The van der Waals surface area contributed by atoms with Crippen LogP contribution >= 0.6 is 11.3 Å². The summed E-state index contributed by atoms with van der Waals surface area (Å²) in [5.41, 5.74) is 1.51. The zero-order chi connectivity index (χ0) is 10.2. The minimum absolute atomic E-state index is 0.225. The topological polar surface area (TPSA) is 24.9 Å². The first kappa shape index (κ1) is 10.1. The van der Waals surface area contributed by atoms with E-state index in [4.69, 9.17) is 4.98 Å². The Morgan fingerprint density at radius 3 is 2.57 bits per heavy atom. The van der Waals surface area contributed by atoms with Crippen molar-refractivity contribution in [2.75, 3.05) is 7.05 Å². The zero-order valence-corrected chi connectivity index (χ0v) is 10.0.